The molecule has 0 aliphatic rings. The molecule has 0 aromatic carbocycles. The molecule has 0 radical (unpaired) electrons. The van der Waals surface area contributed by atoms with Gasteiger partial charge in [-0.3, -0.25) is 9.59 Å². The summed E-state index contributed by atoms with van der Waals surface area (Å²) in [5, 5.41) is 27.9. The number of carboxylic acids is 2. The van der Waals surface area contributed by atoms with Crippen molar-refractivity contribution in [2.75, 3.05) is 0 Å². The molecule has 0 aromatic rings. The highest BCUT2D eigenvalue weighted by atomic mass is 16.4. The predicted octanol–water partition coefficient (Wildman–Crippen LogP) is -2.26. The fourth-order valence-corrected chi connectivity index (χ4v) is 0.862. The summed E-state index contributed by atoms with van der Waals surface area (Å²) in [6.45, 7) is 1.26. The molecule has 3 atom stereocenters. The van der Waals surface area contributed by atoms with Crippen LogP contribution in [0.5, 0.6) is 0 Å². The number of rotatable bonds is 6. The second kappa shape index (κ2) is 6.03. The van der Waals surface area contributed by atoms with Gasteiger partial charge in [-0.1, -0.05) is 0 Å². The highest BCUT2D eigenvalue weighted by Crippen LogP contribution is 1.96. The first kappa shape index (κ1) is 14.3. The van der Waals surface area contributed by atoms with E-state index in [0.29, 0.717) is 0 Å². The summed E-state index contributed by atoms with van der Waals surface area (Å²) < 4.78 is 0. The molecule has 1 amide bonds. The second-order valence-corrected chi connectivity index (χ2v) is 3.26. The first-order chi connectivity index (χ1) is 7.25. The van der Waals surface area contributed by atoms with Crippen molar-refractivity contribution < 1.29 is 29.7 Å². The van der Waals surface area contributed by atoms with Gasteiger partial charge in [0.1, 0.15) is 12.1 Å². The number of nitrogens with one attached hydrogen (secondary N) is 1. The number of amides is 1. The molecule has 0 heterocycles. The number of hydrogen-bond acceptors (Lipinski definition) is 5. The van der Waals surface area contributed by atoms with Crippen molar-refractivity contribution in [1.82, 2.24) is 5.32 Å². The highest BCUT2D eigenvalue weighted by Gasteiger charge is 2.27. The third-order valence-electron chi connectivity index (χ3n) is 1.82. The number of carbonyl (C=O) groups is 3. The molecule has 92 valence electrons. The van der Waals surface area contributed by atoms with Gasteiger partial charge in [0.2, 0.25) is 5.91 Å². The maximum atomic E-state index is 11.2. The van der Waals surface area contributed by atoms with Crippen LogP contribution in [0.4, 0.5) is 0 Å². The lowest BCUT2D eigenvalue weighted by Crippen LogP contribution is -2.52. The Balaban J connectivity index is 4.46. The van der Waals surface area contributed by atoms with Crippen molar-refractivity contribution in [3.8, 4) is 0 Å². The van der Waals surface area contributed by atoms with Gasteiger partial charge in [0, 0.05) is 0 Å². The normalized spacial score (nSPS) is 15.9. The van der Waals surface area contributed by atoms with Crippen LogP contribution in [0.15, 0.2) is 0 Å². The van der Waals surface area contributed by atoms with Crippen LogP contribution in [0.1, 0.15) is 13.3 Å². The van der Waals surface area contributed by atoms with Crippen LogP contribution in [-0.2, 0) is 14.4 Å². The van der Waals surface area contributed by atoms with E-state index in [1.165, 1.54) is 6.92 Å². The average molecular weight is 234 g/mol. The average Bonchev–Trinajstić information content (AvgIpc) is 2.14. The van der Waals surface area contributed by atoms with E-state index in [9.17, 15) is 14.4 Å². The topological polar surface area (TPSA) is 150 Å². The Kier molecular flexibility index (Phi) is 5.40. The summed E-state index contributed by atoms with van der Waals surface area (Å²) >= 11 is 0. The van der Waals surface area contributed by atoms with E-state index in [0.717, 1.165) is 0 Å². The van der Waals surface area contributed by atoms with Gasteiger partial charge in [0.05, 0.1) is 12.5 Å². The zero-order valence-corrected chi connectivity index (χ0v) is 8.58. The minimum atomic E-state index is -1.56. The van der Waals surface area contributed by atoms with Crippen LogP contribution in [0.25, 0.3) is 0 Å². The van der Waals surface area contributed by atoms with Gasteiger partial charge in [-0.15, -0.1) is 0 Å². The summed E-state index contributed by atoms with van der Waals surface area (Å²) in [6, 6.07) is -2.86. The van der Waals surface area contributed by atoms with Crippen LogP contribution in [-0.4, -0.2) is 51.4 Å². The van der Waals surface area contributed by atoms with Gasteiger partial charge in [-0.05, 0) is 6.92 Å². The molecule has 16 heavy (non-hydrogen) atoms. The van der Waals surface area contributed by atoms with Crippen molar-refractivity contribution in [1.29, 1.82) is 0 Å². The smallest absolute Gasteiger partial charge is 0.326 e. The highest BCUT2D eigenvalue weighted by molar-refractivity contribution is 5.89. The molecule has 0 fully saturated rings. The van der Waals surface area contributed by atoms with Crippen LogP contribution in [0, 0.1) is 0 Å². The molecule has 0 rings (SSSR count). The monoisotopic (exact) mass is 234 g/mol. The van der Waals surface area contributed by atoms with E-state index >= 15 is 0 Å². The molecule has 0 saturated heterocycles. The Hall–Kier alpha value is -1.67. The van der Waals surface area contributed by atoms with Gasteiger partial charge >= 0.3 is 11.9 Å². The summed E-state index contributed by atoms with van der Waals surface area (Å²) in [4.78, 5) is 32.1. The molecule has 0 bridgehead atoms. The molecular weight excluding hydrogens is 220 g/mol. The zero-order valence-electron chi connectivity index (χ0n) is 8.58. The lowest BCUT2D eigenvalue weighted by molar-refractivity contribution is -0.147. The Morgan fingerprint density at radius 3 is 2.12 bits per heavy atom. The maximum absolute atomic E-state index is 11.2. The van der Waals surface area contributed by atoms with Gasteiger partial charge in [0.15, 0.2) is 0 Å². The second-order valence-electron chi connectivity index (χ2n) is 3.26. The van der Waals surface area contributed by atoms with Crippen molar-refractivity contribution >= 4 is 17.8 Å². The van der Waals surface area contributed by atoms with Gasteiger partial charge in [-0.2, -0.15) is 0 Å². The molecule has 3 unspecified atom stereocenters. The van der Waals surface area contributed by atoms with Crippen LogP contribution >= 0.6 is 0 Å². The van der Waals surface area contributed by atoms with E-state index in [-0.39, 0.29) is 0 Å². The number of aliphatic hydroxyl groups is 1. The van der Waals surface area contributed by atoms with Crippen molar-refractivity contribution in [3.05, 3.63) is 0 Å². The number of carbonyl (C=O) groups excluding carboxylic acids is 1. The molecular formula is C8H14N2O6. The summed E-state index contributed by atoms with van der Waals surface area (Å²) in [6.07, 6.45) is -1.91. The standard InChI is InChI=1S/C8H14N2O6/c1-3(11)6(9)7(14)10-4(8(15)16)2-5(12)13/h3-4,6,11H,2,9H2,1H3,(H,10,14)(H,12,13)(H,15,16). The molecule has 0 saturated carbocycles. The third-order valence-corrected chi connectivity index (χ3v) is 1.82. The lowest BCUT2D eigenvalue weighted by atomic mass is 10.1. The third kappa shape index (κ3) is 4.71. The molecule has 0 aliphatic heterocycles. The number of hydrogen-bond donors (Lipinski definition) is 5. The van der Waals surface area contributed by atoms with E-state index in [2.05, 4.69) is 0 Å². The van der Waals surface area contributed by atoms with Gasteiger partial charge in [-0.25, -0.2) is 4.79 Å². The zero-order chi connectivity index (χ0) is 12.9. The molecule has 6 N–H and O–H groups in total. The Morgan fingerprint density at radius 1 is 1.31 bits per heavy atom. The number of aliphatic hydroxyl groups excluding tert-OH is 1. The van der Waals surface area contributed by atoms with Crippen LogP contribution in [0.3, 0.4) is 0 Å². The largest absolute Gasteiger partial charge is 0.481 e. The van der Waals surface area contributed by atoms with Crippen molar-refractivity contribution in [2.45, 2.75) is 31.5 Å². The lowest BCUT2D eigenvalue weighted by Gasteiger charge is -2.18. The quantitative estimate of drug-likeness (QED) is 0.348. The minimum absolute atomic E-state index is 0.756. The van der Waals surface area contributed by atoms with E-state index in [1.807, 2.05) is 5.32 Å². The van der Waals surface area contributed by atoms with E-state index < -0.39 is 42.5 Å². The summed E-state index contributed by atoms with van der Waals surface area (Å²) in [7, 11) is 0. The van der Waals surface area contributed by atoms with E-state index in [4.69, 9.17) is 21.1 Å². The molecule has 0 aliphatic carbocycles. The predicted molar refractivity (Wildman–Crippen MR) is 51.5 cm³/mol. The van der Waals surface area contributed by atoms with Crippen molar-refractivity contribution in [3.63, 3.8) is 0 Å². The van der Waals surface area contributed by atoms with Crippen LogP contribution in [0.2, 0.25) is 0 Å². The van der Waals surface area contributed by atoms with Gasteiger partial charge in [0.25, 0.3) is 0 Å². The van der Waals surface area contributed by atoms with Crippen molar-refractivity contribution in [2.24, 2.45) is 5.73 Å². The SMILES string of the molecule is CC(O)C(N)C(=O)NC(CC(=O)O)C(=O)O. The fourth-order valence-electron chi connectivity index (χ4n) is 0.862. The Bertz CT molecular complexity index is 290. The number of carboxylic acid groups (broad SMARTS) is 2. The minimum Gasteiger partial charge on any atom is -0.481 e. The molecule has 8 heteroatoms. The summed E-state index contributed by atoms with van der Waals surface area (Å²) in [5.41, 5.74) is 5.24. The van der Waals surface area contributed by atoms with Gasteiger partial charge < -0.3 is 26.4 Å². The van der Waals surface area contributed by atoms with Crippen LogP contribution < -0.4 is 11.1 Å². The first-order valence-corrected chi connectivity index (χ1v) is 4.44. The fraction of sp³-hybridized carbons (Fsp3) is 0.625. The molecule has 8 nitrogen and oxygen atoms in total. The maximum Gasteiger partial charge on any atom is 0.326 e. The molecule has 0 aromatic heterocycles. The molecule has 0 spiro atoms. The summed E-state index contributed by atoms with van der Waals surface area (Å²) in [5.74, 6) is -3.75. The number of nitrogens with two attached hydrogens (primary N) is 1. The first-order valence-electron chi connectivity index (χ1n) is 4.44. The van der Waals surface area contributed by atoms with E-state index in [1.54, 1.807) is 0 Å². The Morgan fingerprint density at radius 2 is 1.81 bits per heavy atom. The number of aliphatic carboxylic acids is 2. The Labute approximate surface area is 91.1 Å².